The highest BCUT2D eigenvalue weighted by Gasteiger charge is 2.25. The fraction of sp³-hybridized carbons (Fsp3) is 0.333. The first-order valence-electron chi connectivity index (χ1n) is 11.3. The van der Waals surface area contributed by atoms with Gasteiger partial charge in [0.15, 0.2) is 0 Å². The van der Waals surface area contributed by atoms with E-state index in [1.807, 2.05) is 16.7 Å². The molecule has 1 aliphatic carbocycles. The minimum absolute atomic E-state index is 0.168. The average Bonchev–Trinajstić information content (AvgIpc) is 3.10. The molecule has 1 unspecified atom stereocenters. The van der Waals surface area contributed by atoms with Crippen molar-refractivity contribution in [1.82, 2.24) is 4.57 Å². The summed E-state index contributed by atoms with van der Waals surface area (Å²) in [6.07, 6.45) is 7.95. The van der Waals surface area contributed by atoms with Gasteiger partial charge in [-0.2, -0.15) is 0 Å². The molecule has 0 saturated heterocycles. The molecule has 0 saturated carbocycles. The van der Waals surface area contributed by atoms with Gasteiger partial charge in [0.2, 0.25) is 0 Å². The van der Waals surface area contributed by atoms with Crippen molar-refractivity contribution in [3.63, 3.8) is 0 Å². The second kappa shape index (κ2) is 9.43. The molecule has 0 aliphatic heterocycles. The molecule has 0 bridgehead atoms. The number of nitrogens with zero attached hydrogens (tertiary/aromatic N) is 1. The SMILES string of the molecule is CCCCc1c(C2=CCC(c3ccccc3)CC2)c2ccc(C(=O)O)cc2n1CC(=O)O. The molecule has 32 heavy (non-hydrogen) atoms. The Kier molecular flexibility index (Phi) is 6.45. The molecule has 166 valence electrons. The van der Waals surface area contributed by atoms with Gasteiger partial charge in [-0.1, -0.05) is 55.8 Å². The molecule has 2 aromatic carbocycles. The van der Waals surface area contributed by atoms with Crippen LogP contribution in [0.2, 0.25) is 0 Å². The molecule has 1 aliphatic rings. The van der Waals surface area contributed by atoms with Gasteiger partial charge in [-0.05, 0) is 61.3 Å². The van der Waals surface area contributed by atoms with Crippen LogP contribution >= 0.6 is 0 Å². The molecule has 0 fully saturated rings. The predicted octanol–water partition coefficient (Wildman–Crippen LogP) is 6.12. The predicted molar refractivity (Wildman–Crippen MR) is 126 cm³/mol. The van der Waals surface area contributed by atoms with E-state index in [4.69, 9.17) is 0 Å². The Labute approximate surface area is 188 Å². The van der Waals surface area contributed by atoms with E-state index in [2.05, 4.69) is 37.3 Å². The highest BCUT2D eigenvalue weighted by molar-refractivity contribution is 6.00. The van der Waals surface area contributed by atoms with Gasteiger partial charge in [-0.25, -0.2) is 4.79 Å². The summed E-state index contributed by atoms with van der Waals surface area (Å²) in [6.45, 7) is 1.95. The van der Waals surface area contributed by atoms with Crippen LogP contribution in [0.4, 0.5) is 0 Å². The van der Waals surface area contributed by atoms with Crippen molar-refractivity contribution in [3.8, 4) is 0 Å². The van der Waals surface area contributed by atoms with Crippen molar-refractivity contribution < 1.29 is 19.8 Å². The lowest BCUT2D eigenvalue weighted by atomic mass is 9.82. The molecular weight excluding hydrogens is 402 g/mol. The quantitative estimate of drug-likeness (QED) is 0.450. The second-order valence-electron chi connectivity index (χ2n) is 8.55. The molecule has 5 heteroatoms. The summed E-state index contributed by atoms with van der Waals surface area (Å²) in [4.78, 5) is 23.3. The van der Waals surface area contributed by atoms with Gasteiger partial charge in [0.25, 0.3) is 0 Å². The number of carboxylic acids is 2. The number of allylic oxidation sites excluding steroid dienone is 2. The number of carbonyl (C=O) groups is 2. The number of hydrogen-bond donors (Lipinski definition) is 2. The molecule has 0 spiro atoms. The van der Waals surface area contributed by atoms with Crippen LogP contribution in [0.1, 0.15) is 72.1 Å². The Bertz CT molecular complexity index is 1170. The first-order valence-corrected chi connectivity index (χ1v) is 11.3. The number of aliphatic carboxylic acids is 1. The third-order valence-electron chi connectivity index (χ3n) is 6.48. The highest BCUT2D eigenvalue weighted by atomic mass is 16.4. The standard InChI is InChI=1S/C27H29NO4/c1-2-3-9-23-26(20-12-10-19(11-13-20)18-7-5-4-6-8-18)22-15-14-21(27(31)32)16-24(22)28(23)17-25(29)30/h4-8,12,14-16,19H,2-3,9-11,13,17H2,1H3,(H,29,30)(H,31,32). The van der Waals surface area contributed by atoms with E-state index in [0.29, 0.717) is 11.4 Å². The van der Waals surface area contributed by atoms with Crippen molar-refractivity contribution in [3.05, 3.63) is 77.0 Å². The lowest BCUT2D eigenvalue weighted by Crippen LogP contribution is -2.13. The molecule has 2 N–H and O–H groups in total. The Morgan fingerprint density at radius 2 is 1.88 bits per heavy atom. The van der Waals surface area contributed by atoms with Gasteiger partial charge in [0, 0.05) is 16.6 Å². The monoisotopic (exact) mass is 431 g/mol. The number of aromatic carboxylic acids is 1. The summed E-state index contributed by atoms with van der Waals surface area (Å²) in [5.74, 6) is -1.44. The van der Waals surface area contributed by atoms with Crippen LogP contribution in [0.25, 0.3) is 16.5 Å². The first-order chi connectivity index (χ1) is 15.5. The van der Waals surface area contributed by atoms with E-state index in [9.17, 15) is 19.8 Å². The summed E-state index contributed by atoms with van der Waals surface area (Å²) < 4.78 is 1.82. The number of aromatic nitrogens is 1. The fourth-order valence-corrected chi connectivity index (χ4v) is 4.90. The van der Waals surface area contributed by atoms with E-state index in [-0.39, 0.29) is 12.1 Å². The number of hydrogen-bond acceptors (Lipinski definition) is 2. The van der Waals surface area contributed by atoms with Gasteiger partial charge < -0.3 is 14.8 Å². The fourth-order valence-electron chi connectivity index (χ4n) is 4.90. The minimum Gasteiger partial charge on any atom is -0.480 e. The molecular formula is C27H29NO4. The summed E-state index contributed by atoms with van der Waals surface area (Å²) in [5, 5.41) is 20.0. The zero-order valence-corrected chi connectivity index (χ0v) is 18.4. The number of benzene rings is 2. The summed E-state index contributed by atoms with van der Waals surface area (Å²) in [7, 11) is 0. The van der Waals surface area contributed by atoms with Crippen LogP contribution in [-0.2, 0) is 17.8 Å². The van der Waals surface area contributed by atoms with Crippen molar-refractivity contribution in [2.75, 3.05) is 0 Å². The lowest BCUT2D eigenvalue weighted by Gasteiger charge is -2.23. The maximum atomic E-state index is 11.7. The van der Waals surface area contributed by atoms with Gasteiger partial charge in [0.1, 0.15) is 6.54 Å². The lowest BCUT2D eigenvalue weighted by molar-refractivity contribution is -0.137. The van der Waals surface area contributed by atoms with Gasteiger partial charge >= 0.3 is 11.9 Å². The van der Waals surface area contributed by atoms with Crippen LogP contribution in [0.5, 0.6) is 0 Å². The van der Waals surface area contributed by atoms with Crippen LogP contribution in [0.3, 0.4) is 0 Å². The van der Waals surface area contributed by atoms with Gasteiger partial charge in [-0.15, -0.1) is 0 Å². The highest BCUT2D eigenvalue weighted by Crippen LogP contribution is 2.41. The number of rotatable bonds is 8. The molecule has 0 radical (unpaired) electrons. The van der Waals surface area contributed by atoms with E-state index in [0.717, 1.165) is 55.2 Å². The zero-order valence-electron chi connectivity index (χ0n) is 18.4. The smallest absolute Gasteiger partial charge is 0.335 e. The van der Waals surface area contributed by atoms with Gasteiger partial charge in [-0.3, -0.25) is 4.79 Å². The average molecular weight is 432 g/mol. The number of fused-ring (bicyclic) bond motifs is 1. The molecule has 3 aromatic rings. The van der Waals surface area contributed by atoms with Crippen molar-refractivity contribution in [2.24, 2.45) is 0 Å². The largest absolute Gasteiger partial charge is 0.480 e. The summed E-state index contributed by atoms with van der Waals surface area (Å²) in [5.41, 5.74) is 5.60. The van der Waals surface area contributed by atoms with Gasteiger partial charge in [0.05, 0.1) is 11.1 Å². The van der Waals surface area contributed by atoms with E-state index in [1.54, 1.807) is 12.1 Å². The molecule has 0 amide bonds. The Morgan fingerprint density at radius 1 is 1.09 bits per heavy atom. The van der Waals surface area contributed by atoms with E-state index < -0.39 is 11.9 Å². The van der Waals surface area contributed by atoms with Crippen LogP contribution in [-0.4, -0.2) is 26.7 Å². The molecule has 1 atom stereocenters. The second-order valence-corrected chi connectivity index (χ2v) is 8.55. The third-order valence-corrected chi connectivity index (χ3v) is 6.48. The van der Waals surface area contributed by atoms with Crippen LogP contribution in [0, 0.1) is 0 Å². The van der Waals surface area contributed by atoms with E-state index in [1.165, 1.54) is 11.1 Å². The Morgan fingerprint density at radius 3 is 2.50 bits per heavy atom. The number of unbranched alkanes of at least 4 members (excludes halogenated alkanes) is 1. The normalized spacial score (nSPS) is 16.2. The summed E-state index contributed by atoms with van der Waals surface area (Å²) in [6, 6.07) is 15.7. The van der Waals surface area contributed by atoms with Crippen molar-refractivity contribution >= 4 is 28.4 Å². The van der Waals surface area contributed by atoms with Crippen LogP contribution < -0.4 is 0 Å². The molecule has 5 nitrogen and oxygen atoms in total. The molecule has 4 rings (SSSR count). The minimum atomic E-state index is -1.01. The topological polar surface area (TPSA) is 79.5 Å². The van der Waals surface area contributed by atoms with Crippen molar-refractivity contribution in [1.29, 1.82) is 0 Å². The molecule has 1 aromatic heterocycles. The van der Waals surface area contributed by atoms with Crippen LogP contribution in [0.15, 0.2) is 54.6 Å². The summed E-state index contributed by atoms with van der Waals surface area (Å²) >= 11 is 0. The zero-order chi connectivity index (χ0) is 22.7. The molecule has 1 heterocycles. The maximum absolute atomic E-state index is 11.7. The Hall–Kier alpha value is -3.34. The van der Waals surface area contributed by atoms with Crippen molar-refractivity contribution in [2.45, 2.75) is 57.9 Å². The number of carboxylic acid groups (broad SMARTS) is 2. The van der Waals surface area contributed by atoms with E-state index >= 15 is 0 Å². The third kappa shape index (κ3) is 4.33. The maximum Gasteiger partial charge on any atom is 0.335 e. The Balaban J connectivity index is 1.83. The first kappa shape index (κ1) is 21.9.